The van der Waals surface area contributed by atoms with Gasteiger partial charge in [0.15, 0.2) is 5.58 Å². The summed E-state index contributed by atoms with van der Waals surface area (Å²) < 4.78 is 19.8. The van der Waals surface area contributed by atoms with Gasteiger partial charge in [-0.1, -0.05) is 6.07 Å². The van der Waals surface area contributed by atoms with E-state index in [0.29, 0.717) is 23.2 Å². The summed E-state index contributed by atoms with van der Waals surface area (Å²) >= 11 is 1.49. The summed E-state index contributed by atoms with van der Waals surface area (Å²) in [7, 11) is 0. The first-order valence-corrected chi connectivity index (χ1v) is 9.27. The van der Waals surface area contributed by atoms with Gasteiger partial charge in [0.1, 0.15) is 11.5 Å². The molecular weight excluding hydrogens is 365 g/mol. The van der Waals surface area contributed by atoms with Gasteiger partial charge in [-0.2, -0.15) is 5.10 Å². The van der Waals surface area contributed by atoms with E-state index in [2.05, 4.69) is 15.2 Å². The van der Waals surface area contributed by atoms with Crippen LogP contribution < -0.4 is 5.76 Å². The molecule has 134 valence electrons. The molecule has 0 bridgehead atoms. The molecule has 0 saturated carbocycles. The second-order valence-corrected chi connectivity index (χ2v) is 7.73. The molecule has 2 aromatic heterocycles. The van der Waals surface area contributed by atoms with Crippen LogP contribution in [0.3, 0.4) is 0 Å². The smallest absolute Gasteiger partial charge is 0.408 e. The van der Waals surface area contributed by atoms with Gasteiger partial charge in [0.25, 0.3) is 0 Å². The number of benzene rings is 2. The number of hydrogen-bond acceptors (Lipinski definition) is 5. The molecule has 27 heavy (non-hydrogen) atoms. The number of rotatable bonds is 1. The molecule has 0 fully saturated rings. The first-order valence-electron chi connectivity index (χ1n) is 8.46. The Morgan fingerprint density at radius 3 is 2.89 bits per heavy atom. The molecule has 0 saturated heterocycles. The van der Waals surface area contributed by atoms with Crippen LogP contribution in [0.4, 0.5) is 4.39 Å². The molecule has 1 aliphatic rings. The van der Waals surface area contributed by atoms with Gasteiger partial charge >= 0.3 is 5.76 Å². The number of aromatic nitrogens is 1. The monoisotopic (exact) mass is 379 g/mol. The highest BCUT2D eigenvalue weighted by atomic mass is 32.1. The topological polar surface area (TPSA) is 70.7 Å². The van der Waals surface area contributed by atoms with Crippen LogP contribution in [0.25, 0.3) is 21.2 Å². The Kier molecular flexibility index (Phi) is 3.42. The molecule has 0 spiro atoms. The SMILES string of the molecule is CC1=NN=C(c2sc3cc(F)ccc3c2C)c2cc3oc(=O)[nH]c3cc2C1. The first-order chi connectivity index (χ1) is 13.0. The minimum Gasteiger partial charge on any atom is -0.408 e. The van der Waals surface area contributed by atoms with Gasteiger partial charge in [-0.3, -0.25) is 4.98 Å². The third kappa shape index (κ3) is 2.54. The number of aromatic amines is 1. The highest BCUT2D eigenvalue weighted by Gasteiger charge is 2.22. The Morgan fingerprint density at radius 1 is 1.19 bits per heavy atom. The second kappa shape index (κ2) is 5.72. The molecule has 0 unspecified atom stereocenters. The van der Waals surface area contributed by atoms with Crippen molar-refractivity contribution in [3.05, 3.63) is 68.3 Å². The highest BCUT2D eigenvalue weighted by molar-refractivity contribution is 7.21. The lowest BCUT2D eigenvalue weighted by Crippen LogP contribution is -2.06. The van der Waals surface area contributed by atoms with Crippen molar-refractivity contribution in [3.8, 4) is 0 Å². The van der Waals surface area contributed by atoms with Crippen LogP contribution in [0.15, 0.2) is 49.7 Å². The molecule has 0 aliphatic carbocycles. The molecule has 0 radical (unpaired) electrons. The van der Waals surface area contributed by atoms with Crippen LogP contribution in [0.1, 0.15) is 28.5 Å². The van der Waals surface area contributed by atoms with Crippen LogP contribution >= 0.6 is 11.3 Å². The van der Waals surface area contributed by atoms with E-state index in [4.69, 9.17) is 4.42 Å². The van der Waals surface area contributed by atoms with Crippen molar-refractivity contribution in [2.45, 2.75) is 20.3 Å². The molecule has 0 atom stereocenters. The normalized spacial score (nSPS) is 14.2. The lowest BCUT2D eigenvalue weighted by molar-refractivity contribution is 0.555. The zero-order chi connectivity index (χ0) is 18.7. The molecule has 2 aromatic carbocycles. The predicted molar refractivity (Wildman–Crippen MR) is 106 cm³/mol. The summed E-state index contributed by atoms with van der Waals surface area (Å²) in [5.74, 6) is -0.745. The summed E-state index contributed by atoms with van der Waals surface area (Å²) in [4.78, 5) is 15.2. The summed E-state index contributed by atoms with van der Waals surface area (Å²) in [6.45, 7) is 3.93. The number of thiophene rings is 1. The van der Waals surface area contributed by atoms with E-state index < -0.39 is 5.76 Å². The maximum atomic E-state index is 13.7. The lowest BCUT2D eigenvalue weighted by Gasteiger charge is -2.08. The van der Waals surface area contributed by atoms with Gasteiger partial charge in [0.05, 0.1) is 10.4 Å². The summed E-state index contributed by atoms with van der Waals surface area (Å²) in [5.41, 5.74) is 5.65. The van der Waals surface area contributed by atoms with E-state index in [1.165, 1.54) is 23.5 Å². The molecule has 1 aliphatic heterocycles. The molecule has 7 heteroatoms. The molecule has 0 amide bonds. The lowest BCUT2D eigenvalue weighted by atomic mass is 9.96. The van der Waals surface area contributed by atoms with Crippen LogP contribution in [-0.4, -0.2) is 16.4 Å². The Labute approximate surface area is 156 Å². The van der Waals surface area contributed by atoms with Crippen molar-refractivity contribution >= 4 is 43.9 Å². The van der Waals surface area contributed by atoms with E-state index >= 15 is 0 Å². The molecule has 4 aromatic rings. The average Bonchev–Trinajstić information content (AvgIpc) is 3.08. The zero-order valence-corrected chi connectivity index (χ0v) is 15.4. The van der Waals surface area contributed by atoms with Gasteiger partial charge < -0.3 is 4.42 Å². The highest BCUT2D eigenvalue weighted by Crippen LogP contribution is 2.35. The van der Waals surface area contributed by atoms with Crippen LogP contribution in [0.2, 0.25) is 0 Å². The van der Waals surface area contributed by atoms with Crippen molar-refractivity contribution in [3.63, 3.8) is 0 Å². The second-order valence-electron chi connectivity index (χ2n) is 6.68. The van der Waals surface area contributed by atoms with Crippen molar-refractivity contribution in [2.24, 2.45) is 10.2 Å². The summed E-state index contributed by atoms with van der Waals surface area (Å²) in [5, 5.41) is 9.85. The van der Waals surface area contributed by atoms with Crippen molar-refractivity contribution in [2.75, 3.05) is 0 Å². The number of aryl methyl sites for hydroxylation is 1. The van der Waals surface area contributed by atoms with Gasteiger partial charge in [-0.05, 0) is 54.6 Å². The Bertz CT molecular complexity index is 1360. The van der Waals surface area contributed by atoms with Gasteiger partial charge in [-0.15, -0.1) is 16.4 Å². The number of H-pyrrole nitrogens is 1. The quantitative estimate of drug-likeness (QED) is 0.527. The Morgan fingerprint density at radius 2 is 2.04 bits per heavy atom. The van der Waals surface area contributed by atoms with E-state index in [0.717, 1.165) is 37.4 Å². The minimum absolute atomic E-state index is 0.261. The molecule has 5 nitrogen and oxygen atoms in total. The molecule has 3 heterocycles. The minimum atomic E-state index is -0.484. The van der Waals surface area contributed by atoms with E-state index in [1.807, 2.05) is 26.0 Å². The number of nitrogens with zero attached hydrogens (tertiary/aromatic N) is 2. The zero-order valence-electron chi connectivity index (χ0n) is 14.6. The number of fused-ring (bicyclic) bond motifs is 3. The van der Waals surface area contributed by atoms with Crippen molar-refractivity contribution < 1.29 is 8.81 Å². The van der Waals surface area contributed by atoms with E-state index in [9.17, 15) is 9.18 Å². The molecule has 1 N–H and O–H groups in total. The third-order valence-electron chi connectivity index (χ3n) is 4.78. The number of nitrogens with one attached hydrogen (secondary N) is 1. The third-order valence-corrected chi connectivity index (χ3v) is 6.04. The predicted octanol–water partition coefficient (Wildman–Crippen LogP) is 4.55. The number of hydrogen-bond donors (Lipinski definition) is 1. The fraction of sp³-hybridized carbons (Fsp3) is 0.150. The van der Waals surface area contributed by atoms with Crippen LogP contribution in [0.5, 0.6) is 0 Å². The fourth-order valence-electron chi connectivity index (χ4n) is 3.50. The van der Waals surface area contributed by atoms with Gasteiger partial charge in [0, 0.05) is 22.4 Å². The van der Waals surface area contributed by atoms with Gasteiger partial charge in [0.2, 0.25) is 0 Å². The Balaban J connectivity index is 1.81. The average molecular weight is 379 g/mol. The largest absolute Gasteiger partial charge is 0.417 e. The fourth-order valence-corrected chi connectivity index (χ4v) is 4.73. The van der Waals surface area contributed by atoms with Crippen molar-refractivity contribution in [1.82, 2.24) is 4.98 Å². The van der Waals surface area contributed by atoms with E-state index in [1.54, 1.807) is 6.07 Å². The first kappa shape index (κ1) is 16.1. The van der Waals surface area contributed by atoms with Gasteiger partial charge in [-0.25, -0.2) is 9.18 Å². The van der Waals surface area contributed by atoms with Crippen LogP contribution in [-0.2, 0) is 6.42 Å². The number of oxazole rings is 1. The maximum Gasteiger partial charge on any atom is 0.417 e. The molecular formula is C20H14FN3O2S. The van der Waals surface area contributed by atoms with Crippen molar-refractivity contribution in [1.29, 1.82) is 0 Å². The summed E-state index contributed by atoms with van der Waals surface area (Å²) in [6.07, 6.45) is 0.629. The van der Waals surface area contributed by atoms with Crippen LogP contribution in [0, 0.1) is 12.7 Å². The standard InChI is InChI=1S/C20H14FN3O2S/c1-9-5-11-6-15-16(26-20(25)22-15)8-14(11)18(24-23-9)19-10(2)13-4-3-12(21)7-17(13)27-19/h3-4,6-8H,5H2,1-2H3,(H,22,25). The molecule has 5 rings (SSSR count). The van der Waals surface area contributed by atoms with E-state index in [-0.39, 0.29) is 5.82 Å². The summed E-state index contributed by atoms with van der Waals surface area (Å²) in [6, 6.07) is 8.55. The number of halogens is 1. The maximum absolute atomic E-state index is 13.7. The Hall–Kier alpha value is -3.06.